The molecular weight excluding hydrogens is 148 g/mol. The summed E-state index contributed by atoms with van der Waals surface area (Å²) in [5.74, 6) is 0.679. The summed E-state index contributed by atoms with van der Waals surface area (Å²) in [6, 6.07) is 0. The van der Waals surface area contributed by atoms with Gasteiger partial charge in [0.2, 0.25) is 0 Å². The van der Waals surface area contributed by atoms with Crippen molar-refractivity contribution in [1.29, 1.82) is 0 Å². The Morgan fingerprint density at radius 2 is 1.83 bits per heavy atom. The van der Waals surface area contributed by atoms with Crippen LogP contribution in [-0.2, 0) is 4.79 Å². The van der Waals surface area contributed by atoms with Crippen LogP contribution in [0, 0.1) is 11.3 Å². The zero-order valence-electron chi connectivity index (χ0n) is 9.11. The van der Waals surface area contributed by atoms with E-state index in [1.807, 2.05) is 6.92 Å². The summed E-state index contributed by atoms with van der Waals surface area (Å²) in [5, 5.41) is 0. The van der Waals surface area contributed by atoms with Gasteiger partial charge in [-0.1, -0.05) is 41.0 Å². The quantitative estimate of drug-likeness (QED) is 0.631. The molecule has 12 heavy (non-hydrogen) atoms. The second-order valence-electron chi connectivity index (χ2n) is 4.89. The van der Waals surface area contributed by atoms with Gasteiger partial charge < -0.3 is 0 Å². The van der Waals surface area contributed by atoms with Gasteiger partial charge in [0, 0.05) is 12.3 Å². The van der Waals surface area contributed by atoms with Crippen LogP contribution in [0.15, 0.2) is 0 Å². The number of carbonyl (C=O) groups is 1. The fraction of sp³-hybridized carbons (Fsp3) is 0.909. The molecule has 0 fully saturated rings. The summed E-state index contributed by atoms with van der Waals surface area (Å²) < 4.78 is 0. The lowest BCUT2D eigenvalue weighted by atomic mass is 9.85. The first-order valence-electron chi connectivity index (χ1n) is 4.89. The van der Waals surface area contributed by atoms with Gasteiger partial charge in [-0.3, -0.25) is 4.79 Å². The number of hydrogen-bond acceptors (Lipinski definition) is 1. The van der Waals surface area contributed by atoms with Crippen molar-refractivity contribution in [2.45, 2.75) is 53.9 Å². The summed E-state index contributed by atoms with van der Waals surface area (Å²) in [5.41, 5.74) is 0.152. The molecule has 0 aliphatic rings. The van der Waals surface area contributed by atoms with Crippen LogP contribution in [-0.4, -0.2) is 5.78 Å². The largest absolute Gasteiger partial charge is 0.299 e. The molecule has 0 aromatic rings. The summed E-state index contributed by atoms with van der Waals surface area (Å²) in [6.07, 6.45) is 2.86. The van der Waals surface area contributed by atoms with Gasteiger partial charge in [-0.2, -0.15) is 0 Å². The molecule has 1 unspecified atom stereocenters. The van der Waals surface area contributed by atoms with Crippen LogP contribution in [0.1, 0.15) is 53.9 Å². The number of carbonyl (C=O) groups excluding carboxylic acids is 1. The van der Waals surface area contributed by atoms with E-state index < -0.39 is 0 Å². The van der Waals surface area contributed by atoms with Gasteiger partial charge in [-0.15, -0.1) is 0 Å². The third kappa shape index (κ3) is 5.34. The first-order valence-corrected chi connectivity index (χ1v) is 4.89. The van der Waals surface area contributed by atoms with Gasteiger partial charge in [-0.25, -0.2) is 0 Å². The van der Waals surface area contributed by atoms with Crippen molar-refractivity contribution >= 4 is 5.78 Å². The van der Waals surface area contributed by atoms with Gasteiger partial charge in [0.15, 0.2) is 0 Å². The normalized spacial score (nSPS) is 14.4. The second-order valence-corrected chi connectivity index (χ2v) is 4.89. The van der Waals surface area contributed by atoms with Gasteiger partial charge in [0.25, 0.3) is 0 Å². The SMILES string of the molecule is CCCC(C)C(=O)CC(C)(C)C. The Morgan fingerprint density at radius 3 is 2.17 bits per heavy atom. The molecule has 0 amide bonds. The minimum atomic E-state index is 0.152. The fourth-order valence-electron chi connectivity index (χ4n) is 1.29. The van der Waals surface area contributed by atoms with E-state index in [2.05, 4.69) is 27.7 Å². The third-order valence-electron chi connectivity index (χ3n) is 1.98. The van der Waals surface area contributed by atoms with Crippen LogP contribution < -0.4 is 0 Å². The number of ketones is 1. The van der Waals surface area contributed by atoms with Crippen molar-refractivity contribution in [3.05, 3.63) is 0 Å². The smallest absolute Gasteiger partial charge is 0.136 e. The van der Waals surface area contributed by atoms with E-state index in [9.17, 15) is 4.79 Å². The van der Waals surface area contributed by atoms with E-state index in [4.69, 9.17) is 0 Å². The molecular formula is C11H22O. The van der Waals surface area contributed by atoms with Crippen LogP contribution in [0.2, 0.25) is 0 Å². The first-order chi connectivity index (χ1) is 5.37. The average molecular weight is 170 g/mol. The number of Topliss-reactive ketones (excluding diaryl/α,β-unsaturated/α-hetero) is 1. The molecule has 0 saturated carbocycles. The predicted octanol–water partition coefficient (Wildman–Crippen LogP) is 3.43. The molecule has 0 radical (unpaired) electrons. The molecule has 72 valence electrons. The van der Waals surface area contributed by atoms with Crippen molar-refractivity contribution in [2.75, 3.05) is 0 Å². The number of hydrogen-bond donors (Lipinski definition) is 0. The highest BCUT2D eigenvalue weighted by Crippen LogP contribution is 2.22. The molecule has 0 aliphatic heterocycles. The third-order valence-corrected chi connectivity index (χ3v) is 1.98. The molecule has 0 bridgehead atoms. The molecule has 0 rings (SSSR count). The van der Waals surface area contributed by atoms with E-state index in [1.165, 1.54) is 0 Å². The van der Waals surface area contributed by atoms with Gasteiger partial charge in [0.05, 0.1) is 0 Å². The Balaban J connectivity index is 3.87. The Hall–Kier alpha value is -0.330. The number of rotatable bonds is 4. The zero-order valence-corrected chi connectivity index (χ0v) is 9.11. The highest BCUT2D eigenvalue weighted by atomic mass is 16.1. The van der Waals surface area contributed by atoms with Crippen molar-refractivity contribution in [3.63, 3.8) is 0 Å². The summed E-state index contributed by atoms with van der Waals surface area (Å²) >= 11 is 0. The topological polar surface area (TPSA) is 17.1 Å². The lowest BCUT2D eigenvalue weighted by molar-refractivity contribution is -0.124. The first kappa shape index (κ1) is 11.7. The van der Waals surface area contributed by atoms with Crippen molar-refractivity contribution in [1.82, 2.24) is 0 Å². The minimum Gasteiger partial charge on any atom is -0.299 e. The Bertz CT molecular complexity index is 142. The maximum Gasteiger partial charge on any atom is 0.136 e. The van der Waals surface area contributed by atoms with Gasteiger partial charge in [0.1, 0.15) is 5.78 Å². The molecule has 1 heteroatoms. The minimum absolute atomic E-state index is 0.152. The fourth-order valence-corrected chi connectivity index (χ4v) is 1.29. The van der Waals surface area contributed by atoms with E-state index >= 15 is 0 Å². The van der Waals surface area contributed by atoms with Gasteiger partial charge in [-0.05, 0) is 11.8 Å². The van der Waals surface area contributed by atoms with Crippen LogP contribution in [0.25, 0.3) is 0 Å². The highest BCUT2D eigenvalue weighted by Gasteiger charge is 2.19. The Kier molecular flexibility index (Phi) is 4.51. The monoisotopic (exact) mass is 170 g/mol. The maximum atomic E-state index is 11.5. The maximum absolute atomic E-state index is 11.5. The van der Waals surface area contributed by atoms with Crippen LogP contribution in [0.4, 0.5) is 0 Å². The van der Waals surface area contributed by atoms with Crippen LogP contribution in [0.5, 0.6) is 0 Å². The molecule has 0 aromatic carbocycles. The lowest BCUT2D eigenvalue weighted by Crippen LogP contribution is -2.18. The molecule has 0 aromatic heterocycles. The van der Waals surface area contributed by atoms with Crippen LogP contribution in [0.3, 0.4) is 0 Å². The summed E-state index contributed by atoms with van der Waals surface area (Å²) in [7, 11) is 0. The van der Waals surface area contributed by atoms with E-state index in [1.54, 1.807) is 0 Å². The van der Waals surface area contributed by atoms with Crippen LogP contribution >= 0.6 is 0 Å². The van der Waals surface area contributed by atoms with E-state index in [0.29, 0.717) is 12.2 Å². The Morgan fingerprint density at radius 1 is 1.33 bits per heavy atom. The zero-order chi connectivity index (χ0) is 9.78. The van der Waals surface area contributed by atoms with Crippen molar-refractivity contribution in [2.24, 2.45) is 11.3 Å². The molecule has 0 saturated heterocycles. The predicted molar refractivity (Wildman–Crippen MR) is 53.2 cm³/mol. The molecule has 0 aliphatic carbocycles. The molecule has 0 heterocycles. The average Bonchev–Trinajstić information content (AvgIpc) is 1.84. The standard InChI is InChI=1S/C11H22O/c1-6-7-9(2)10(12)8-11(3,4)5/h9H,6-8H2,1-5H3. The lowest BCUT2D eigenvalue weighted by Gasteiger charge is -2.19. The molecule has 0 spiro atoms. The van der Waals surface area contributed by atoms with Crippen molar-refractivity contribution in [3.8, 4) is 0 Å². The van der Waals surface area contributed by atoms with Crippen molar-refractivity contribution < 1.29 is 4.79 Å². The Labute approximate surface area is 76.6 Å². The molecule has 0 N–H and O–H groups in total. The summed E-state index contributed by atoms with van der Waals surface area (Å²) in [6.45, 7) is 10.5. The van der Waals surface area contributed by atoms with E-state index in [0.717, 1.165) is 12.8 Å². The highest BCUT2D eigenvalue weighted by molar-refractivity contribution is 5.81. The van der Waals surface area contributed by atoms with Gasteiger partial charge >= 0.3 is 0 Å². The molecule has 1 atom stereocenters. The molecule has 1 nitrogen and oxygen atoms in total. The second kappa shape index (κ2) is 4.64. The summed E-state index contributed by atoms with van der Waals surface area (Å²) in [4.78, 5) is 11.5. The van der Waals surface area contributed by atoms with E-state index in [-0.39, 0.29) is 11.3 Å².